The molecule has 0 bridgehead atoms. The predicted octanol–water partition coefficient (Wildman–Crippen LogP) is 5.26. The van der Waals surface area contributed by atoms with Crippen LogP contribution in [0.15, 0.2) is 46.9 Å². The van der Waals surface area contributed by atoms with Gasteiger partial charge in [0.25, 0.3) is 0 Å². The summed E-state index contributed by atoms with van der Waals surface area (Å²) in [6, 6.07) is 14.0. The Labute approximate surface area is 162 Å². The van der Waals surface area contributed by atoms with Crippen LogP contribution in [0.4, 0.5) is 5.69 Å². The van der Waals surface area contributed by atoms with E-state index in [1.54, 1.807) is 0 Å². The molecule has 1 saturated heterocycles. The van der Waals surface area contributed by atoms with Gasteiger partial charge in [0.05, 0.1) is 0 Å². The number of anilines is 1. The lowest BCUT2D eigenvalue weighted by molar-refractivity contribution is -0.121. The number of amides is 1. The summed E-state index contributed by atoms with van der Waals surface area (Å²) < 4.78 is 1.11. The summed E-state index contributed by atoms with van der Waals surface area (Å²) in [5, 5.41) is 3.75. The lowest BCUT2D eigenvalue weighted by Crippen LogP contribution is -2.37. The molecule has 0 atom stereocenters. The first-order valence-electron chi connectivity index (χ1n) is 8.55. The first kappa shape index (κ1) is 18.4. The maximum Gasteiger partial charge on any atom is 0.227 e. The molecule has 1 heterocycles. The smallest absolute Gasteiger partial charge is 0.227 e. The Hall–Kier alpha value is -1.36. The van der Waals surface area contributed by atoms with Crippen LogP contribution >= 0.6 is 27.5 Å². The monoisotopic (exact) mass is 420 g/mol. The highest BCUT2D eigenvalue weighted by Gasteiger charge is 2.25. The molecule has 1 N–H and O–H groups in total. The number of likely N-dealkylation sites (tertiary alicyclic amines) is 1. The third kappa shape index (κ3) is 5.06. The number of nitrogens with one attached hydrogen (secondary N) is 1. The third-order valence-electron chi connectivity index (χ3n) is 4.70. The van der Waals surface area contributed by atoms with E-state index >= 15 is 0 Å². The summed E-state index contributed by atoms with van der Waals surface area (Å²) in [7, 11) is 0. The van der Waals surface area contributed by atoms with Gasteiger partial charge in [0.15, 0.2) is 0 Å². The summed E-state index contributed by atoms with van der Waals surface area (Å²) in [5.41, 5.74) is 3.15. The van der Waals surface area contributed by atoms with E-state index in [-0.39, 0.29) is 11.8 Å². The van der Waals surface area contributed by atoms with Crippen molar-refractivity contribution >= 4 is 39.1 Å². The highest BCUT2D eigenvalue weighted by atomic mass is 79.9. The highest BCUT2D eigenvalue weighted by molar-refractivity contribution is 9.10. The summed E-state index contributed by atoms with van der Waals surface area (Å²) in [5.74, 6) is 0.196. The van der Waals surface area contributed by atoms with Crippen LogP contribution in [0.25, 0.3) is 0 Å². The molecular weight excluding hydrogens is 400 g/mol. The minimum atomic E-state index is 0.0776. The first-order chi connectivity index (χ1) is 12.0. The number of carbonyl (C=O) groups is 1. The number of hydrogen-bond acceptors (Lipinski definition) is 2. The number of piperidine rings is 1. The predicted molar refractivity (Wildman–Crippen MR) is 107 cm³/mol. The maximum absolute atomic E-state index is 12.5. The fourth-order valence-corrected chi connectivity index (χ4v) is 3.92. The van der Waals surface area contributed by atoms with Gasteiger partial charge in [0, 0.05) is 27.6 Å². The van der Waals surface area contributed by atoms with Gasteiger partial charge in [-0.25, -0.2) is 0 Å². The maximum atomic E-state index is 12.5. The van der Waals surface area contributed by atoms with E-state index < -0.39 is 0 Å². The summed E-state index contributed by atoms with van der Waals surface area (Å²) in [6.07, 6.45) is 1.79. The van der Waals surface area contributed by atoms with E-state index in [0.717, 1.165) is 48.2 Å². The number of nitrogens with zero attached hydrogens (tertiary/aromatic N) is 1. The Morgan fingerprint density at radius 3 is 2.68 bits per heavy atom. The van der Waals surface area contributed by atoms with Crippen LogP contribution in [0, 0.1) is 12.8 Å². The average Bonchev–Trinajstić information content (AvgIpc) is 2.58. The zero-order chi connectivity index (χ0) is 17.8. The molecular formula is C20H22BrClN2O. The second kappa shape index (κ2) is 8.35. The number of hydrogen-bond donors (Lipinski definition) is 1. The molecule has 0 radical (unpaired) electrons. The molecule has 2 aromatic rings. The molecule has 1 aliphatic heterocycles. The van der Waals surface area contributed by atoms with E-state index in [2.05, 4.69) is 44.3 Å². The molecule has 0 spiro atoms. The zero-order valence-electron chi connectivity index (χ0n) is 14.3. The Morgan fingerprint density at radius 2 is 2.00 bits per heavy atom. The molecule has 1 fully saturated rings. The molecule has 3 rings (SSSR count). The van der Waals surface area contributed by atoms with Crippen LogP contribution in [0.1, 0.15) is 24.0 Å². The normalized spacial score (nSPS) is 16.0. The Balaban J connectivity index is 1.52. The van der Waals surface area contributed by atoms with Crippen LogP contribution in [0.5, 0.6) is 0 Å². The van der Waals surface area contributed by atoms with E-state index in [4.69, 9.17) is 11.6 Å². The minimum Gasteiger partial charge on any atom is -0.326 e. The van der Waals surface area contributed by atoms with Crippen molar-refractivity contribution in [1.82, 2.24) is 4.90 Å². The van der Waals surface area contributed by atoms with Gasteiger partial charge in [-0.15, -0.1) is 0 Å². The number of carbonyl (C=O) groups excluding carboxylic acids is 1. The van der Waals surface area contributed by atoms with E-state index in [0.29, 0.717) is 5.02 Å². The third-order valence-corrected chi connectivity index (χ3v) is 5.43. The van der Waals surface area contributed by atoms with Crippen molar-refractivity contribution in [3.8, 4) is 0 Å². The van der Waals surface area contributed by atoms with Gasteiger partial charge in [0.1, 0.15) is 0 Å². The highest BCUT2D eigenvalue weighted by Crippen LogP contribution is 2.24. The zero-order valence-corrected chi connectivity index (χ0v) is 16.6. The summed E-state index contributed by atoms with van der Waals surface area (Å²) in [6.45, 7) is 4.79. The van der Waals surface area contributed by atoms with E-state index in [1.165, 1.54) is 5.56 Å². The van der Waals surface area contributed by atoms with Gasteiger partial charge < -0.3 is 5.32 Å². The van der Waals surface area contributed by atoms with Crippen molar-refractivity contribution in [1.29, 1.82) is 0 Å². The van der Waals surface area contributed by atoms with E-state index in [1.807, 2.05) is 31.2 Å². The molecule has 0 aromatic heterocycles. The van der Waals surface area contributed by atoms with Gasteiger partial charge in [-0.2, -0.15) is 0 Å². The molecule has 1 amide bonds. The number of benzene rings is 2. The summed E-state index contributed by atoms with van der Waals surface area (Å²) >= 11 is 9.49. The van der Waals surface area contributed by atoms with Gasteiger partial charge in [-0.05, 0) is 74.3 Å². The number of aryl methyl sites for hydroxylation is 1. The van der Waals surface area contributed by atoms with E-state index in [9.17, 15) is 4.79 Å². The Morgan fingerprint density at radius 1 is 1.24 bits per heavy atom. The second-order valence-electron chi connectivity index (χ2n) is 6.63. The minimum absolute atomic E-state index is 0.0776. The molecule has 0 unspecified atom stereocenters. The molecule has 2 aromatic carbocycles. The van der Waals surface area contributed by atoms with Crippen molar-refractivity contribution in [2.45, 2.75) is 26.3 Å². The number of halogens is 2. The molecule has 132 valence electrons. The van der Waals surface area contributed by atoms with Gasteiger partial charge in [-0.1, -0.05) is 39.7 Å². The standard InChI is InChI=1S/C20H22BrClN2O/c1-14-11-18(22)5-6-19(14)23-20(25)16-7-9-24(10-8-16)13-15-3-2-4-17(21)12-15/h2-6,11-12,16H,7-10,13H2,1H3,(H,23,25). The van der Waals surface area contributed by atoms with Crippen molar-refractivity contribution < 1.29 is 4.79 Å². The number of rotatable bonds is 4. The lowest BCUT2D eigenvalue weighted by Gasteiger charge is -2.31. The first-order valence-corrected chi connectivity index (χ1v) is 9.72. The molecule has 0 aliphatic carbocycles. The fraction of sp³-hybridized carbons (Fsp3) is 0.350. The topological polar surface area (TPSA) is 32.3 Å². The van der Waals surface area contributed by atoms with Gasteiger partial charge >= 0.3 is 0 Å². The average molecular weight is 422 g/mol. The Bertz CT molecular complexity index is 757. The largest absolute Gasteiger partial charge is 0.326 e. The molecule has 3 nitrogen and oxygen atoms in total. The lowest BCUT2D eigenvalue weighted by atomic mass is 9.95. The van der Waals surface area contributed by atoms with Crippen molar-refractivity contribution in [2.75, 3.05) is 18.4 Å². The molecule has 25 heavy (non-hydrogen) atoms. The van der Waals surface area contributed by atoms with Crippen LogP contribution < -0.4 is 5.32 Å². The van der Waals surface area contributed by atoms with Crippen LogP contribution in [-0.2, 0) is 11.3 Å². The summed E-state index contributed by atoms with van der Waals surface area (Å²) in [4.78, 5) is 15.0. The van der Waals surface area contributed by atoms with Gasteiger partial charge in [0.2, 0.25) is 5.91 Å². The fourth-order valence-electron chi connectivity index (χ4n) is 3.25. The van der Waals surface area contributed by atoms with Crippen molar-refractivity contribution in [2.24, 2.45) is 5.92 Å². The molecule has 1 aliphatic rings. The van der Waals surface area contributed by atoms with Crippen molar-refractivity contribution in [3.63, 3.8) is 0 Å². The van der Waals surface area contributed by atoms with Crippen LogP contribution in [0.3, 0.4) is 0 Å². The SMILES string of the molecule is Cc1cc(Cl)ccc1NC(=O)C1CCN(Cc2cccc(Br)c2)CC1. The van der Waals surface area contributed by atoms with Crippen LogP contribution in [0.2, 0.25) is 5.02 Å². The van der Waals surface area contributed by atoms with Crippen molar-refractivity contribution in [3.05, 3.63) is 63.1 Å². The quantitative estimate of drug-likeness (QED) is 0.730. The second-order valence-corrected chi connectivity index (χ2v) is 7.98. The van der Waals surface area contributed by atoms with Gasteiger partial charge in [-0.3, -0.25) is 9.69 Å². The Kier molecular flexibility index (Phi) is 6.15. The van der Waals surface area contributed by atoms with Crippen LogP contribution in [-0.4, -0.2) is 23.9 Å². The molecule has 5 heteroatoms. The molecule has 0 saturated carbocycles.